The molecule has 0 saturated heterocycles. The molecule has 1 heterocycles. The average molecular weight is 193 g/mol. The number of rotatable bonds is 1. The van der Waals surface area contributed by atoms with Crippen molar-refractivity contribution < 1.29 is 4.92 Å². The summed E-state index contributed by atoms with van der Waals surface area (Å²) in [6.07, 6.45) is 0. The van der Waals surface area contributed by atoms with Gasteiger partial charge in [0.25, 0.3) is 5.69 Å². The van der Waals surface area contributed by atoms with Gasteiger partial charge in [0.2, 0.25) is 0 Å². The van der Waals surface area contributed by atoms with Crippen LogP contribution in [0.5, 0.6) is 0 Å². The Morgan fingerprint density at radius 2 is 2.29 bits per heavy atom. The van der Waals surface area contributed by atoms with Crippen LogP contribution >= 0.6 is 0 Å². The Morgan fingerprint density at radius 1 is 1.57 bits per heavy atom. The van der Waals surface area contributed by atoms with Crippen LogP contribution in [-0.4, -0.2) is 17.0 Å². The summed E-state index contributed by atoms with van der Waals surface area (Å²) < 4.78 is 0. The summed E-state index contributed by atoms with van der Waals surface area (Å²) in [6, 6.07) is 5.16. The zero-order valence-corrected chi connectivity index (χ0v) is 8.02. The highest BCUT2D eigenvalue weighted by Crippen LogP contribution is 2.35. The number of nitro benzene ring substituents is 1. The monoisotopic (exact) mass is 193 g/mol. The van der Waals surface area contributed by atoms with Gasteiger partial charge in [-0.3, -0.25) is 10.1 Å². The summed E-state index contributed by atoms with van der Waals surface area (Å²) in [5.74, 6) is 0. The van der Waals surface area contributed by atoms with Crippen molar-refractivity contribution in [3.05, 3.63) is 33.9 Å². The molecule has 0 fully saturated rings. The van der Waals surface area contributed by atoms with Gasteiger partial charge in [-0.1, -0.05) is 0 Å². The van der Waals surface area contributed by atoms with Crippen LogP contribution in [0.15, 0.2) is 18.2 Å². The molecule has 0 spiro atoms. The van der Waals surface area contributed by atoms with Crippen LogP contribution in [0.2, 0.25) is 0 Å². The fourth-order valence-corrected chi connectivity index (χ4v) is 1.61. The van der Waals surface area contributed by atoms with Crippen molar-refractivity contribution in [1.29, 1.82) is 0 Å². The van der Waals surface area contributed by atoms with E-state index in [-0.39, 0.29) is 16.7 Å². The molecule has 0 amide bonds. The van der Waals surface area contributed by atoms with Crippen LogP contribution in [0, 0.1) is 10.1 Å². The van der Waals surface area contributed by atoms with Crippen molar-refractivity contribution in [3.63, 3.8) is 0 Å². The van der Waals surface area contributed by atoms with Crippen LogP contribution < -0.4 is 5.43 Å². The van der Waals surface area contributed by atoms with Crippen LogP contribution in [0.1, 0.15) is 18.5 Å². The maximum absolute atomic E-state index is 10.5. The molecule has 1 unspecified atom stereocenters. The van der Waals surface area contributed by atoms with Gasteiger partial charge in [0.15, 0.2) is 0 Å². The molecule has 1 aliphatic rings. The Bertz CT molecular complexity index is 392. The quantitative estimate of drug-likeness (QED) is 0.547. The molecular formula is C9H11N3O2. The van der Waals surface area contributed by atoms with Gasteiger partial charge in [-0.25, -0.2) is 5.01 Å². The standard InChI is InChI=1S/C9H11N3O2/c1-6-8-4-3-7(12(13)14)5-9(8)10-11(6)2/h3-6,10H,1-2H3. The van der Waals surface area contributed by atoms with Gasteiger partial charge >= 0.3 is 0 Å². The van der Waals surface area contributed by atoms with E-state index >= 15 is 0 Å². The Hall–Kier alpha value is -1.62. The number of hydrazine groups is 1. The third-order valence-electron chi connectivity index (χ3n) is 2.58. The van der Waals surface area contributed by atoms with Gasteiger partial charge in [-0.15, -0.1) is 0 Å². The Balaban J connectivity index is 2.44. The largest absolute Gasteiger partial charge is 0.318 e. The molecule has 2 rings (SSSR count). The number of hydrogen-bond acceptors (Lipinski definition) is 4. The molecule has 1 aliphatic heterocycles. The van der Waals surface area contributed by atoms with Gasteiger partial charge in [0.1, 0.15) is 0 Å². The number of hydrogen-bond donors (Lipinski definition) is 1. The first kappa shape index (κ1) is 8.96. The average Bonchev–Trinajstić information content (AvgIpc) is 2.42. The van der Waals surface area contributed by atoms with Gasteiger partial charge in [0.05, 0.1) is 16.7 Å². The lowest BCUT2D eigenvalue weighted by molar-refractivity contribution is -0.384. The van der Waals surface area contributed by atoms with Crippen molar-refractivity contribution in [1.82, 2.24) is 5.01 Å². The molecule has 1 atom stereocenters. The van der Waals surface area contributed by atoms with E-state index in [4.69, 9.17) is 0 Å². The highest BCUT2D eigenvalue weighted by Gasteiger charge is 2.24. The molecule has 5 heteroatoms. The lowest BCUT2D eigenvalue weighted by Crippen LogP contribution is -2.20. The Labute approximate surface area is 81.5 Å². The zero-order valence-electron chi connectivity index (χ0n) is 8.02. The van der Waals surface area contributed by atoms with Crippen LogP contribution in [-0.2, 0) is 0 Å². The number of fused-ring (bicyclic) bond motifs is 1. The lowest BCUT2D eigenvalue weighted by Gasteiger charge is -2.14. The van der Waals surface area contributed by atoms with Crippen LogP contribution in [0.25, 0.3) is 0 Å². The minimum Gasteiger partial charge on any atom is -0.318 e. The second kappa shape index (κ2) is 2.95. The van der Waals surface area contributed by atoms with E-state index in [1.165, 1.54) is 6.07 Å². The minimum absolute atomic E-state index is 0.124. The molecule has 74 valence electrons. The van der Waals surface area contributed by atoms with E-state index in [0.29, 0.717) is 0 Å². The first-order chi connectivity index (χ1) is 6.59. The minimum atomic E-state index is -0.384. The summed E-state index contributed by atoms with van der Waals surface area (Å²) in [5, 5.41) is 12.5. The maximum Gasteiger partial charge on any atom is 0.271 e. The highest BCUT2D eigenvalue weighted by atomic mass is 16.6. The number of non-ortho nitro benzene ring substituents is 1. The fourth-order valence-electron chi connectivity index (χ4n) is 1.61. The normalized spacial score (nSPS) is 20.3. The zero-order chi connectivity index (χ0) is 10.3. The van der Waals surface area contributed by atoms with Gasteiger partial charge in [0, 0.05) is 19.2 Å². The first-order valence-corrected chi connectivity index (χ1v) is 4.37. The van der Waals surface area contributed by atoms with E-state index < -0.39 is 0 Å². The predicted molar refractivity (Wildman–Crippen MR) is 52.9 cm³/mol. The number of nitrogens with one attached hydrogen (secondary N) is 1. The molecule has 0 aromatic heterocycles. The Morgan fingerprint density at radius 3 is 2.93 bits per heavy atom. The second-order valence-corrected chi connectivity index (χ2v) is 3.43. The molecule has 0 saturated carbocycles. The van der Waals surface area contributed by atoms with Gasteiger partial charge in [-0.05, 0) is 18.6 Å². The van der Waals surface area contributed by atoms with E-state index in [1.807, 2.05) is 19.0 Å². The summed E-state index contributed by atoms with van der Waals surface area (Å²) in [6.45, 7) is 2.05. The molecule has 0 radical (unpaired) electrons. The molecule has 1 aromatic rings. The number of anilines is 1. The van der Waals surface area contributed by atoms with Crippen LogP contribution in [0.4, 0.5) is 11.4 Å². The maximum atomic E-state index is 10.5. The first-order valence-electron chi connectivity index (χ1n) is 4.37. The molecule has 5 nitrogen and oxygen atoms in total. The van der Waals surface area contributed by atoms with Crippen molar-refractivity contribution >= 4 is 11.4 Å². The van der Waals surface area contributed by atoms with Gasteiger partial charge < -0.3 is 5.43 Å². The number of nitrogens with zero attached hydrogens (tertiary/aromatic N) is 2. The fraction of sp³-hybridized carbons (Fsp3) is 0.333. The number of benzene rings is 1. The van der Waals surface area contributed by atoms with Crippen molar-refractivity contribution in [2.45, 2.75) is 13.0 Å². The smallest absolute Gasteiger partial charge is 0.271 e. The Kier molecular flexibility index (Phi) is 1.89. The second-order valence-electron chi connectivity index (χ2n) is 3.43. The summed E-state index contributed by atoms with van der Waals surface area (Å²) in [5.41, 5.74) is 5.12. The lowest BCUT2D eigenvalue weighted by atomic mass is 10.1. The highest BCUT2D eigenvalue weighted by molar-refractivity contribution is 5.60. The molecule has 0 bridgehead atoms. The van der Waals surface area contributed by atoms with E-state index in [0.717, 1.165) is 11.3 Å². The van der Waals surface area contributed by atoms with E-state index in [1.54, 1.807) is 12.1 Å². The summed E-state index contributed by atoms with van der Waals surface area (Å²) >= 11 is 0. The molecule has 1 N–H and O–H groups in total. The van der Waals surface area contributed by atoms with Crippen molar-refractivity contribution in [3.8, 4) is 0 Å². The van der Waals surface area contributed by atoms with E-state index in [2.05, 4.69) is 5.43 Å². The summed E-state index contributed by atoms with van der Waals surface area (Å²) in [7, 11) is 1.91. The predicted octanol–water partition coefficient (Wildman–Crippen LogP) is 1.93. The summed E-state index contributed by atoms with van der Waals surface area (Å²) in [4.78, 5) is 10.1. The topological polar surface area (TPSA) is 58.4 Å². The van der Waals surface area contributed by atoms with Crippen LogP contribution in [0.3, 0.4) is 0 Å². The molecular weight excluding hydrogens is 182 g/mol. The SMILES string of the molecule is CC1c2ccc([N+](=O)[O-])cc2NN1C. The number of nitro groups is 1. The van der Waals surface area contributed by atoms with Crippen molar-refractivity contribution in [2.75, 3.05) is 12.5 Å². The third kappa shape index (κ3) is 1.22. The van der Waals surface area contributed by atoms with Gasteiger partial charge in [-0.2, -0.15) is 0 Å². The third-order valence-corrected chi connectivity index (χ3v) is 2.58. The molecule has 1 aromatic carbocycles. The molecule has 14 heavy (non-hydrogen) atoms. The van der Waals surface area contributed by atoms with E-state index in [9.17, 15) is 10.1 Å². The van der Waals surface area contributed by atoms with Crippen molar-refractivity contribution in [2.24, 2.45) is 0 Å². The molecule has 0 aliphatic carbocycles.